The van der Waals surface area contributed by atoms with E-state index in [1.165, 1.54) is 12.1 Å². The van der Waals surface area contributed by atoms with Gasteiger partial charge in [-0.2, -0.15) is 0 Å². The molecular weight excluding hydrogens is 221 g/mol. The molecule has 1 rings (SSSR count). The Morgan fingerprint density at radius 1 is 1.59 bits per heavy atom. The Morgan fingerprint density at radius 3 is 2.94 bits per heavy atom. The van der Waals surface area contributed by atoms with Crippen LogP contribution in [0, 0.1) is 5.82 Å². The van der Waals surface area contributed by atoms with Gasteiger partial charge in [0.15, 0.2) is 17.7 Å². The number of para-hydroxylation sites is 1. The molecule has 0 aliphatic rings. The first kappa shape index (κ1) is 13.2. The smallest absolute Gasteiger partial charge is 0.260 e. The summed E-state index contributed by atoms with van der Waals surface area (Å²) < 4.78 is 18.5. The number of nitrogens with one attached hydrogen (secondary N) is 1. The van der Waals surface area contributed by atoms with Gasteiger partial charge >= 0.3 is 0 Å². The fourth-order valence-electron chi connectivity index (χ4n) is 1.23. The molecule has 1 atom stereocenters. The predicted octanol–water partition coefficient (Wildman–Crippen LogP) is 2.29. The molecule has 0 saturated carbocycles. The van der Waals surface area contributed by atoms with Crippen LogP contribution in [0.15, 0.2) is 36.9 Å². The number of carbonyl (C=O) groups is 1. The molecule has 0 heterocycles. The quantitative estimate of drug-likeness (QED) is 0.609. The number of hydrogen-bond donors (Lipinski definition) is 1. The highest BCUT2D eigenvalue weighted by atomic mass is 19.1. The van der Waals surface area contributed by atoms with Crippen molar-refractivity contribution in [1.29, 1.82) is 0 Å². The second-order valence-electron chi connectivity index (χ2n) is 3.56. The van der Waals surface area contributed by atoms with Crippen molar-refractivity contribution < 1.29 is 13.9 Å². The van der Waals surface area contributed by atoms with Crippen molar-refractivity contribution in [3.8, 4) is 5.75 Å². The van der Waals surface area contributed by atoms with Gasteiger partial charge in [0.25, 0.3) is 5.91 Å². The number of carbonyl (C=O) groups excluding carboxylic acids is 1. The molecule has 0 aliphatic carbocycles. The van der Waals surface area contributed by atoms with E-state index < -0.39 is 11.9 Å². The highest BCUT2D eigenvalue weighted by Gasteiger charge is 2.15. The first-order chi connectivity index (χ1) is 8.15. The molecule has 1 N–H and O–H groups in total. The van der Waals surface area contributed by atoms with E-state index in [4.69, 9.17) is 4.74 Å². The molecule has 0 bridgehead atoms. The molecule has 17 heavy (non-hydrogen) atoms. The zero-order valence-corrected chi connectivity index (χ0v) is 9.78. The molecule has 0 aliphatic heterocycles. The molecule has 1 aromatic rings. The molecule has 0 radical (unpaired) electrons. The minimum atomic E-state index is -0.725. The zero-order chi connectivity index (χ0) is 12.7. The van der Waals surface area contributed by atoms with Gasteiger partial charge in [0.2, 0.25) is 0 Å². The van der Waals surface area contributed by atoms with Crippen molar-refractivity contribution in [2.75, 3.05) is 6.54 Å². The van der Waals surface area contributed by atoms with Crippen molar-refractivity contribution >= 4 is 5.91 Å². The molecule has 1 amide bonds. The van der Waals surface area contributed by atoms with E-state index in [9.17, 15) is 9.18 Å². The van der Waals surface area contributed by atoms with Crippen LogP contribution in [0.4, 0.5) is 4.39 Å². The number of rotatable bonds is 6. The van der Waals surface area contributed by atoms with Crippen molar-refractivity contribution in [2.24, 2.45) is 0 Å². The Bertz CT molecular complexity index is 393. The highest BCUT2D eigenvalue weighted by molar-refractivity contribution is 5.80. The number of hydrogen-bond acceptors (Lipinski definition) is 2. The van der Waals surface area contributed by atoms with Crippen LogP contribution in [-0.2, 0) is 4.79 Å². The lowest BCUT2D eigenvalue weighted by Gasteiger charge is -2.14. The standard InChI is InChI=1S/C13H16FNO2/c1-3-4-9-15-13(16)10(2)17-12-8-6-5-7-11(12)14/h3,5-8,10H,1,4,9H2,2H3,(H,15,16). The van der Waals surface area contributed by atoms with Gasteiger partial charge in [-0.25, -0.2) is 4.39 Å². The van der Waals surface area contributed by atoms with Crippen LogP contribution < -0.4 is 10.1 Å². The first-order valence-electron chi connectivity index (χ1n) is 5.45. The molecule has 0 spiro atoms. The summed E-state index contributed by atoms with van der Waals surface area (Å²) in [5.74, 6) is -0.660. The molecular formula is C13H16FNO2. The SMILES string of the molecule is C=CCCNC(=O)C(C)Oc1ccccc1F. The Labute approximate surface area is 100 Å². The Hall–Kier alpha value is -1.84. The van der Waals surface area contributed by atoms with E-state index in [2.05, 4.69) is 11.9 Å². The van der Waals surface area contributed by atoms with Crippen LogP contribution in [0.5, 0.6) is 5.75 Å². The van der Waals surface area contributed by atoms with Crippen LogP contribution in [0.3, 0.4) is 0 Å². The van der Waals surface area contributed by atoms with E-state index in [1.807, 2.05) is 0 Å². The van der Waals surface area contributed by atoms with Gasteiger partial charge in [-0.05, 0) is 25.5 Å². The monoisotopic (exact) mass is 237 g/mol. The molecule has 0 fully saturated rings. The molecule has 92 valence electrons. The Balaban J connectivity index is 2.48. The maximum absolute atomic E-state index is 13.2. The summed E-state index contributed by atoms with van der Waals surface area (Å²) in [6, 6.07) is 6.00. The van der Waals surface area contributed by atoms with E-state index >= 15 is 0 Å². The van der Waals surface area contributed by atoms with Gasteiger partial charge in [0.05, 0.1) is 0 Å². The zero-order valence-electron chi connectivity index (χ0n) is 9.78. The molecule has 3 nitrogen and oxygen atoms in total. The fourth-order valence-corrected chi connectivity index (χ4v) is 1.23. The minimum absolute atomic E-state index is 0.0823. The third kappa shape index (κ3) is 4.26. The third-order valence-corrected chi connectivity index (χ3v) is 2.16. The topological polar surface area (TPSA) is 38.3 Å². The van der Waals surface area contributed by atoms with Crippen LogP contribution in [-0.4, -0.2) is 18.6 Å². The van der Waals surface area contributed by atoms with Crippen molar-refractivity contribution in [1.82, 2.24) is 5.32 Å². The third-order valence-electron chi connectivity index (χ3n) is 2.16. The lowest BCUT2D eigenvalue weighted by Crippen LogP contribution is -2.36. The second kappa shape index (κ2) is 6.68. The van der Waals surface area contributed by atoms with Crippen molar-refractivity contribution in [2.45, 2.75) is 19.4 Å². The average Bonchev–Trinajstić information content (AvgIpc) is 2.32. The van der Waals surface area contributed by atoms with Crippen LogP contribution >= 0.6 is 0 Å². The van der Waals surface area contributed by atoms with Gasteiger partial charge in [-0.1, -0.05) is 18.2 Å². The summed E-state index contributed by atoms with van der Waals surface area (Å²) in [6.45, 7) is 5.64. The number of benzene rings is 1. The lowest BCUT2D eigenvalue weighted by molar-refractivity contribution is -0.127. The van der Waals surface area contributed by atoms with E-state index in [0.717, 1.165) is 0 Å². The normalized spacial score (nSPS) is 11.6. The first-order valence-corrected chi connectivity index (χ1v) is 5.45. The Kier molecular flexibility index (Phi) is 5.20. The lowest BCUT2D eigenvalue weighted by atomic mass is 10.3. The van der Waals surface area contributed by atoms with Gasteiger partial charge < -0.3 is 10.1 Å². The van der Waals surface area contributed by atoms with Crippen molar-refractivity contribution in [3.63, 3.8) is 0 Å². The largest absolute Gasteiger partial charge is 0.478 e. The molecule has 4 heteroatoms. The maximum atomic E-state index is 13.2. The average molecular weight is 237 g/mol. The predicted molar refractivity (Wildman–Crippen MR) is 64.3 cm³/mol. The van der Waals surface area contributed by atoms with Crippen molar-refractivity contribution in [3.05, 3.63) is 42.7 Å². The van der Waals surface area contributed by atoms with Crippen LogP contribution in [0.2, 0.25) is 0 Å². The molecule has 1 unspecified atom stereocenters. The number of amides is 1. The molecule has 0 saturated heterocycles. The number of ether oxygens (including phenoxy) is 1. The highest BCUT2D eigenvalue weighted by Crippen LogP contribution is 2.16. The maximum Gasteiger partial charge on any atom is 0.260 e. The van der Waals surface area contributed by atoms with Gasteiger partial charge in [0, 0.05) is 6.54 Å². The summed E-state index contributed by atoms with van der Waals surface area (Å²) in [5, 5.41) is 2.67. The van der Waals surface area contributed by atoms with E-state index in [0.29, 0.717) is 13.0 Å². The summed E-state index contributed by atoms with van der Waals surface area (Å²) in [4.78, 5) is 11.5. The van der Waals surface area contributed by atoms with E-state index in [-0.39, 0.29) is 11.7 Å². The molecule has 0 aromatic heterocycles. The van der Waals surface area contributed by atoms with E-state index in [1.54, 1.807) is 25.1 Å². The second-order valence-corrected chi connectivity index (χ2v) is 3.56. The molecule has 1 aromatic carbocycles. The Morgan fingerprint density at radius 2 is 2.29 bits per heavy atom. The minimum Gasteiger partial charge on any atom is -0.478 e. The number of halogens is 1. The summed E-state index contributed by atoms with van der Waals surface area (Å²) in [7, 11) is 0. The summed E-state index contributed by atoms with van der Waals surface area (Å²) in [6.07, 6.45) is 1.68. The van der Waals surface area contributed by atoms with Crippen LogP contribution in [0.1, 0.15) is 13.3 Å². The van der Waals surface area contributed by atoms with Gasteiger partial charge in [0.1, 0.15) is 0 Å². The summed E-state index contributed by atoms with van der Waals surface area (Å²) in [5.41, 5.74) is 0. The summed E-state index contributed by atoms with van der Waals surface area (Å²) >= 11 is 0. The fraction of sp³-hybridized carbons (Fsp3) is 0.308. The van der Waals surface area contributed by atoms with Crippen LogP contribution in [0.25, 0.3) is 0 Å². The van der Waals surface area contributed by atoms with Gasteiger partial charge in [-0.15, -0.1) is 6.58 Å². The van der Waals surface area contributed by atoms with Gasteiger partial charge in [-0.3, -0.25) is 4.79 Å².